The van der Waals surface area contributed by atoms with Gasteiger partial charge in [-0.1, -0.05) is 0 Å². The number of hydrogen-bond acceptors (Lipinski definition) is 6. The number of fused-ring (bicyclic) bond motifs is 1. The third kappa shape index (κ3) is 2.73. The van der Waals surface area contributed by atoms with Gasteiger partial charge in [-0.05, 0) is 38.0 Å². The van der Waals surface area contributed by atoms with Crippen LogP contribution in [-0.4, -0.2) is 56.8 Å². The fourth-order valence-corrected chi connectivity index (χ4v) is 3.31. The van der Waals surface area contributed by atoms with Gasteiger partial charge < -0.3 is 14.2 Å². The van der Waals surface area contributed by atoms with Gasteiger partial charge >= 0.3 is 0 Å². The molecule has 4 rings (SSSR count). The minimum atomic E-state index is -0.0536. The van der Waals surface area contributed by atoms with Gasteiger partial charge in [-0.2, -0.15) is 9.61 Å². The van der Waals surface area contributed by atoms with Crippen LogP contribution in [-0.2, 0) is 0 Å². The Morgan fingerprint density at radius 2 is 2.08 bits per heavy atom. The molecule has 25 heavy (non-hydrogen) atoms. The van der Waals surface area contributed by atoms with Gasteiger partial charge in [0, 0.05) is 26.2 Å². The Morgan fingerprint density at radius 3 is 2.88 bits per heavy atom. The smallest absolute Gasteiger partial charge is 0.289 e. The Kier molecular flexibility index (Phi) is 3.87. The molecule has 3 aromatic heterocycles. The van der Waals surface area contributed by atoms with E-state index in [2.05, 4.69) is 27.1 Å². The summed E-state index contributed by atoms with van der Waals surface area (Å²) in [5, 5.41) is 12.7. The number of hydrogen-bond donors (Lipinski definition) is 0. The molecule has 0 radical (unpaired) electrons. The molecule has 8 nitrogen and oxygen atoms in total. The predicted octanol–water partition coefficient (Wildman–Crippen LogP) is 1.69. The lowest BCUT2D eigenvalue weighted by Gasteiger charge is -2.25. The van der Waals surface area contributed by atoms with E-state index in [9.17, 15) is 4.79 Å². The molecule has 0 atom stereocenters. The molecule has 1 fully saturated rings. The van der Waals surface area contributed by atoms with Crippen LogP contribution in [0.5, 0.6) is 0 Å². The van der Waals surface area contributed by atoms with Crippen LogP contribution in [0, 0.1) is 13.8 Å². The van der Waals surface area contributed by atoms with Gasteiger partial charge in [-0.3, -0.25) is 4.79 Å². The second kappa shape index (κ2) is 6.19. The van der Waals surface area contributed by atoms with Gasteiger partial charge in [0.2, 0.25) is 5.65 Å². The van der Waals surface area contributed by atoms with E-state index in [-0.39, 0.29) is 5.91 Å². The van der Waals surface area contributed by atoms with Gasteiger partial charge in [0.1, 0.15) is 6.33 Å². The van der Waals surface area contributed by atoms with Crippen molar-refractivity contribution < 1.29 is 9.21 Å². The van der Waals surface area contributed by atoms with E-state index >= 15 is 0 Å². The second-order valence-electron chi connectivity index (χ2n) is 6.27. The quantitative estimate of drug-likeness (QED) is 0.706. The molecule has 0 unspecified atom stereocenters. The van der Waals surface area contributed by atoms with Gasteiger partial charge in [0.05, 0.1) is 17.6 Å². The van der Waals surface area contributed by atoms with Gasteiger partial charge in [-0.25, -0.2) is 0 Å². The van der Waals surface area contributed by atoms with Crippen molar-refractivity contribution >= 4 is 17.2 Å². The first kappa shape index (κ1) is 15.6. The standard InChI is InChI=1S/C17H20N6O2/c1-12-13(2)20-23-11-18-19-16(23)15(12)21-6-4-7-22(9-8-21)17(24)14-5-3-10-25-14/h3,5,10-11H,4,6-9H2,1-2H3. The first-order chi connectivity index (χ1) is 12.1. The average molecular weight is 340 g/mol. The molecule has 1 saturated heterocycles. The highest BCUT2D eigenvalue weighted by molar-refractivity contribution is 5.91. The highest BCUT2D eigenvalue weighted by Crippen LogP contribution is 2.27. The Morgan fingerprint density at radius 1 is 1.20 bits per heavy atom. The molecule has 4 heterocycles. The molecule has 0 saturated carbocycles. The van der Waals surface area contributed by atoms with Crippen molar-refractivity contribution in [2.24, 2.45) is 0 Å². The summed E-state index contributed by atoms with van der Waals surface area (Å²) in [5.41, 5.74) is 3.87. The number of carbonyl (C=O) groups is 1. The van der Waals surface area contributed by atoms with Crippen molar-refractivity contribution in [1.82, 2.24) is 24.7 Å². The number of carbonyl (C=O) groups excluding carboxylic acids is 1. The molecule has 0 aliphatic carbocycles. The summed E-state index contributed by atoms with van der Waals surface area (Å²) in [6.45, 7) is 6.99. The van der Waals surface area contributed by atoms with Crippen molar-refractivity contribution in [3.63, 3.8) is 0 Å². The first-order valence-corrected chi connectivity index (χ1v) is 8.40. The van der Waals surface area contributed by atoms with Crippen LogP contribution in [0.2, 0.25) is 0 Å². The highest BCUT2D eigenvalue weighted by atomic mass is 16.3. The molecular formula is C17H20N6O2. The van der Waals surface area contributed by atoms with Crippen molar-refractivity contribution in [3.05, 3.63) is 41.7 Å². The lowest BCUT2D eigenvalue weighted by atomic mass is 10.2. The van der Waals surface area contributed by atoms with Crippen LogP contribution in [0.15, 0.2) is 29.1 Å². The van der Waals surface area contributed by atoms with E-state index < -0.39 is 0 Å². The van der Waals surface area contributed by atoms with Crippen LogP contribution in [0.4, 0.5) is 5.69 Å². The van der Waals surface area contributed by atoms with E-state index in [0.29, 0.717) is 18.8 Å². The van der Waals surface area contributed by atoms with Crippen molar-refractivity contribution in [2.45, 2.75) is 20.3 Å². The van der Waals surface area contributed by atoms with Crippen LogP contribution >= 0.6 is 0 Å². The summed E-state index contributed by atoms with van der Waals surface area (Å²) < 4.78 is 6.96. The second-order valence-corrected chi connectivity index (χ2v) is 6.27. The predicted molar refractivity (Wildman–Crippen MR) is 91.7 cm³/mol. The normalized spacial score (nSPS) is 15.6. The van der Waals surface area contributed by atoms with Crippen LogP contribution in [0.3, 0.4) is 0 Å². The van der Waals surface area contributed by atoms with Crippen molar-refractivity contribution in [1.29, 1.82) is 0 Å². The minimum absolute atomic E-state index is 0.0536. The van der Waals surface area contributed by atoms with Gasteiger partial charge in [-0.15, -0.1) is 10.2 Å². The summed E-state index contributed by atoms with van der Waals surface area (Å²) in [4.78, 5) is 16.7. The molecule has 1 aliphatic heterocycles. The van der Waals surface area contributed by atoms with Crippen molar-refractivity contribution in [2.75, 3.05) is 31.1 Å². The zero-order chi connectivity index (χ0) is 17.4. The summed E-state index contributed by atoms with van der Waals surface area (Å²) >= 11 is 0. The third-order valence-electron chi connectivity index (χ3n) is 4.73. The third-order valence-corrected chi connectivity index (χ3v) is 4.73. The number of aryl methyl sites for hydroxylation is 1. The SMILES string of the molecule is Cc1nn2cnnc2c(N2CCCN(C(=O)c3ccco3)CC2)c1C. The lowest BCUT2D eigenvalue weighted by Crippen LogP contribution is -2.35. The van der Waals surface area contributed by atoms with Crippen LogP contribution in [0.1, 0.15) is 28.2 Å². The fourth-order valence-electron chi connectivity index (χ4n) is 3.31. The largest absolute Gasteiger partial charge is 0.459 e. The number of amides is 1. The van der Waals surface area contributed by atoms with Crippen LogP contribution in [0.25, 0.3) is 5.65 Å². The van der Waals surface area contributed by atoms with E-state index in [1.165, 1.54) is 6.26 Å². The molecule has 0 N–H and O–H groups in total. The summed E-state index contributed by atoms with van der Waals surface area (Å²) in [7, 11) is 0. The van der Waals surface area contributed by atoms with E-state index in [0.717, 1.165) is 42.1 Å². The summed E-state index contributed by atoms with van der Waals surface area (Å²) in [5.74, 6) is 0.339. The van der Waals surface area contributed by atoms with E-state index in [4.69, 9.17) is 4.42 Å². The van der Waals surface area contributed by atoms with Gasteiger partial charge in [0.15, 0.2) is 5.76 Å². The molecule has 0 spiro atoms. The van der Waals surface area contributed by atoms with Crippen molar-refractivity contribution in [3.8, 4) is 0 Å². The zero-order valence-electron chi connectivity index (χ0n) is 14.3. The lowest BCUT2D eigenvalue weighted by molar-refractivity contribution is 0.0735. The molecule has 0 aromatic carbocycles. The Hall–Kier alpha value is -2.90. The number of furan rings is 1. The van der Waals surface area contributed by atoms with Crippen LogP contribution < -0.4 is 4.90 Å². The molecule has 3 aromatic rings. The average Bonchev–Trinajstić information content (AvgIpc) is 3.23. The number of rotatable bonds is 2. The maximum atomic E-state index is 12.5. The topological polar surface area (TPSA) is 79.8 Å². The van der Waals surface area contributed by atoms with E-state index in [1.807, 2.05) is 11.8 Å². The first-order valence-electron chi connectivity index (χ1n) is 8.40. The summed E-state index contributed by atoms with van der Waals surface area (Å²) in [6.07, 6.45) is 4.03. The van der Waals surface area contributed by atoms with Gasteiger partial charge in [0.25, 0.3) is 5.91 Å². The number of anilines is 1. The maximum Gasteiger partial charge on any atom is 0.289 e. The Balaban J connectivity index is 1.60. The molecule has 130 valence electrons. The Bertz CT molecular complexity index is 901. The fraction of sp³-hybridized carbons (Fsp3) is 0.412. The monoisotopic (exact) mass is 340 g/mol. The maximum absolute atomic E-state index is 12.5. The molecule has 1 aliphatic rings. The Labute approximate surface area is 145 Å². The zero-order valence-corrected chi connectivity index (χ0v) is 14.3. The molecule has 0 bridgehead atoms. The minimum Gasteiger partial charge on any atom is -0.459 e. The van der Waals surface area contributed by atoms with E-state index in [1.54, 1.807) is 23.0 Å². The highest BCUT2D eigenvalue weighted by Gasteiger charge is 2.25. The molecule has 8 heteroatoms. The molecular weight excluding hydrogens is 320 g/mol. The number of aromatic nitrogens is 4. The number of nitrogens with zero attached hydrogens (tertiary/aromatic N) is 6. The summed E-state index contributed by atoms with van der Waals surface area (Å²) in [6, 6.07) is 3.45. The molecule has 1 amide bonds.